The maximum absolute atomic E-state index is 9.04. The molecule has 1 aromatic carbocycles. The molecule has 0 aliphatic carbocycles. The fourth-order valence-corrected chi connectivity index (χ4v) is 0.714. The van der Waals surface area contributed by atoms with Gasteiger partial charge in [0.05, 0.1) is 10.5 Å². The van der Waals surface area contributed by atoms with Gasteiger partial charge in [-0.1, -0.05) is 37.3 Å². The van der Waals surface area contributed by atoms with Crippen LogP contribution in [0.5, 0.6) is 0 Å². The predicted molar refractivity (Wildman–Crippen MR) is 69.7 cm³/mol. The van der Waals surface area contributed by atoms with E-state index in [0.29, 0.717) is 0 Å². The van der Waals surface area contributed by atoms with Gasteiger partial charge in [-0.05, 0) is 12.0 Å². The molecule has 0 heterocycles. The molecule has 0 aliphatic rings. The van der Waals surface area contributed by atoms with Crippen LogP contribution in [0.2, 0.25) is 0 Å². The summed E-state index contributed by atoms with van der Waals surface area (Å²) in [6, 6.07) is 10.5. The zero-order valence-electron chi connectivity index (χ0n) is 9.18. The van der Waals surface area contributed by atoms with E-state index in [1.54, 1.807) is 0 Å². The molecule has 0 fully saturated rings. The molecular formula is C10H14CuN2O2S2. The van der Waals surface area contributed by atoms with Gasteiger partial charge in [0, 0.05) is 0 Å². The van der Waals surface area contributed by atoms with Crippen LogP contribution in [0.15, 0.2) is 30.3 Å². The molecule has 0 aliphatic heterocycles. The van der Waals surface area contributed by atoms with Gasteiger partial charge in [-0.2, -0.15) is 0 Å². The molecule has 17 heavy (non-hydrogen) atoms. The van der Waals surface area contributed by atoms with Gasteiger partial charge in [0.15, 0.2) is 0 Å². The molecule has 0 unspecified atom stereocenters. The number of hydrogen-bond acceptors (Lipinski definition) is 4. The molecule has 1 rings (SSSR count). The molecule has 0 saturated heterocycles. The maximum atomic E-state index is 9.04. The van der Waals surface area contributed by atoms with Gasteiger partial charge in [-0.3, -0.25) is 0 Å². The van der Waals surface area contributed by atoms with E-state index < -0.39 is 10.5 Å². The van der Waals surface area contributed by atoms with Gasteiger partial charge in [0.1, 0.15) is 0 Å². The molecule has 1 radical (unpaired) electrons. The van der Waals surface area contributed by atoms with E-state index in [0.717, 1.165) is 6.42 Å². The number of carbonyl (C=O) groups is 2. The summed E-state index contributed by atoms with van der Waals surface area (Å²) in [4.78, 5) is 18.1. The van der Waals surface area contributed by atoms with Crippen molar-refractivity contribution in [3.63, 3.8) is 0 Å². The first-order chi connectivity index (χ1) is 7.40. The Hall–Kier alpha value is -0.881. The average Bonchev–Trinajstić information content (AvgIpc) is 2.17. The Labute approximate surface area is 123 Å². The molecule has 1 aromatic rings. The smallest absolute Gasteiger partial charge is 0.719 e. The third kappa shape index (κ3) is 31.3. The van der Waals surface area contributed by atoms with Crippen LogP contribution in [0.3, 0.4) is 0 Å². The summed E-state index contributed by atoms with van der Waals surface area (Å²) in [5, 5.41) is -1.50. The van der Waals surface area contributed by atoms with E-state index in [1.165, 1.54) is 5.56 Å². The van der Waals surface area contributed by atoms with Crippen LogP contribution in [-0.2, 0) is 48.7 Å². The molecule has 0 bridgehead atoms. The second kappa shape index (κ2) is 15.1. The molecule has 0 saturated carbocycles. The van der Waals surface area contributed by atoms with Crippen LogP contribution in [0.4, 0.5) is 9.59 Å². The molecule has 0 spiro atoms. The van der Waals surface area contributed by atoms with Crippen molar-refractivity contribution in [2.75, 3.05) is 0 Å². The fraction of sp³-hybridized carbons (Fsp3) is 0.200. The first kappa shape index (κ1) is 21.4. The number of nitrogens with two attached hydrogens (primary N) is 2. The summed E-state index contributed by atoms with van der Waals surface area (Å²) in [5.74, 6) is 0. The van der Waals surface area contributed by atoms with E-state index in [1.807, 2.05) is 6.07 Å². The Morgan fingerprint density at radius 2 is 1.35 bits per heavy atom. The number of rotatable bonds is 1. The number of benzene rings is 1. The van der Waals surface area contributed by atoms with Crippen LogP contribution in [-0.4, -0.2) is 10.5 Å². The van der Waals surface area contributed by atoms with Gasteiger partial charge in [-0.25, -0.2) is 0 Å². The minimum atomic E-state index is -0.750. The fourth-order valence-electron chi connectivity index (χ4n) is 0.714. The first-order valence-corrected chi connectivity index (χ1v) is 5.18. The van der Waals surface area contributed by atoms with Gasteiger partial charge < -0.3 is 46.3 Å². The van der Waals surface area contributed by atoms with Crippen molar-refractivity contribution < 1.29 is 26.7 Å². The topological polar surface area (TPSA) is 86.2 Å². The summed E-state index contributed by atoms with van der Waals surface area (Å²) < 4.78 is 0. The molecule has 2 amide bonds. The van der Waals surface area contributed by atoms with Crippen molar-refractivity contribution >= 4 is 35.7 Å². The zero-order chi connectivity index (χ0) is 13.0. The van der Waals surface area contributed by atoms with Crippen LogP contribution < -0.4 is 11.5 Å². The first-order valence-electron chi connectivity index (χ1n) is 4.37. The number of primary amides is 2. The third-order valence-corrected chi connectivity index (χ3v) is 1.25. The Morgan fingerprint density at radius 3 is 1.53 bits per heavy atom. The Balaban J connectivity index is -0.000000189. The molecule has 0 aromatic heterocycles. The van der Waals surface area contributed by atoms with Crippen molar-refractivity contribution in [3.05, 3.63) is 35.9 Å². The summed E-state index contributed by atoms with van der Waals surface area (Å²) in [6.07, 6.45) is 1.14. The molecule has 0 atom stereocenters. The van der Waals surface area contributed by atoms with E-state index in [-0.39, 0.29) is 17.1 Å². The normalized spacial score (nSPS) is 7.12. The van der Waals surface area contributed by atoms with E-state index in [4.69, 9.17) is 9.59 Å². The molecule has 4 nitrogen and oxygen atoms in total. The van der Waals surface area contributed by atoms with E-state index in [9.17, 15) is 0 Å². The monoisotopic (exact) mass is 321 g/mol. The van der Waals surface area contributed by atoms with Crippen LogP contribution in [0.1, 0.15) is 12.5 Å². The quantitative estimate of drug-likeness (QED) is 0.606. The van der Waals surface area contributed by atoms with Crippen LogP contribution in [0.25, 0.3) is 0 Å². The van der Waals surface area contributed by atoms with Gasteiger partial charge in [-0.15, -0.1) is 0 Å². The Bertz CT molecular complexity index is 290. The Morgan fingerprint density at radius 1 is 1.06 bits per heavy atom. The molecule has 4 N–H and O–H groups in total. The van der Waals surface area contributed by atoms with Crippen LogP contribution in [0, 0.1) is 0 Å². The largest absolute Gasteiger partial charge is 2.00 e. The summed E-state index contributed by atoms with van der Waals surface area (Å²) in [5.41, 5.74) is 9.98. The Kier molecular flexibility index (Phi) is 19.0. The van der Waals surface area contributed by atoms with E-state index in [2.05, 4.69) is 67.9 Å². The maximum Gasteiger partial charge on any atom is 2.00 e. The second-order valence-corrected chi connectivity index (χ2v) is 3.28. The number of carbonyl (C=O) groups excluding carboxylic acids is 2. The van der Waals surface area contributed by atoms with Crippen molar-refractivity contribution in [2.24, 2.45) is 11.5 Å². The summed E-state index contributed by atoms with van der Waals surface area (Å²) in [7, 11) is 0. The summed E-state index contributed by atoms with van der Waals surface area (Å²) in [6.45, 7) is 2.16. The number of amides is 2. The minimum Gasteiger partial charge on any atom is -0.719 e. The second-order valence-electron chi connectivity index (χ2n) is 2.48. The zero-order valence-corrected chi connectivity index (χ0v) is 11.8. The van der Waals surface area contributed by atoms with Gasteiger partial charge in [0.25, 0.3) is 0 Å². The van der Waals surface area contributed by atoms with Gasteiger partial charge in [0.2, 0.25) is 0 Å². The summed E-state index contributed by atoms with van der Waals surface area (Å²) >= 11 is 7.52. The SMILES string of the molecule is CCc1ccccc1.NC(=O)[S-].NC(=O)[S-].[Cu+2]. The van der Waals surface area contributed by atoms with Crippen molar-refractivity contribution in [3.8, 4) is 0 Å². The standard InChI is InChI=1S/C8H10.2CH3NOS.Cu/c1-2-8-6-4-3-5-7-8;2*2-1(3)4;/h3-7H,2H2,1H3;2*(H3,2,3,4);/q;;;+2/p-2. The molecule has 7 heteroatoms. The number of aryl methyl sites for hydroxylation is 1. The third-order valence-electron chi connectivity index (χ3n) is 1.25. The molecular weight excluding hydrogens is 308 g/mol. The predicted octanol–water partition coefficient (Wildman–Crippen LogP) is 1.47. The minimum absolute atomic E-state index is 0. The van der Waals surface area contributed by atoms with Crippen LogP contribution >= 0.6 is 0 Å². The number of hydrogen-bond donors (Lipinski definition) is 2. The van der Waals surface area contributed by atoms with E-state index >= 15 is 0 Å². The van der Waals surface area contributed by atoms with Gasteiger partial charge >= 0.3 is 17.1 Å². The van der Waals surface area contributed by atoms with Crippen molar-refractivity contribution in [1.82, 2.24) is 0 Å². The average molecular weight is 322 g/mol. The van der Waals surface area contributed by atoms with Crippen molar-refractivity contribution in [2.45, 2.75) is 13.3 Å². The molecule has 99 valence electrons. The van der Waals surface area contributed by atoms with Crippen molar-refractivity contribution in [1.29, 1.82) is 0 Å².